The van der Waals surface area contributed by atoms with Gasteiger partial charge in [0.1, 0.15) is 0 Å². The Morgan fingerprint density at radius 1 is 1.57 bits per heavy atom. The molecule has 0 amide bonds. The standard InChI is InChI=1S/C8H13N3O2S/c9-4-7-3-8(5-10-7)14(12,13)11-6-1-2-6/h3,5-6,10-11H,1-2,4,9H2. The fraction of sp³-hybridized carbons (Fsp3) is 0.500. The summed E-state index contributed by atoms with van der Waals surface area (Å²) in [5.41, 5.74) is 6.10. The normalized spacial score (nSPS) is 17.2. The van der Waals surface area contributed by atoms with Crippen molar-refractivity contribution in [3.8, 4) is 0 Å². The second-order valence-corrected chi connectivity index (χ2v) is 5.17. The highest BCUT2D eigenvalue weighted by Gasteiger charge is 2.28. The SMILES string of the molecule is NCc1cc(S(=O)(=O)NC2CC2)c[nH]1. The summed E-state index contributed by atoms with van der Waals surface area (Å²) in [4.78, 5) is 3.08. The Bertz CT molecular complexity index is 420. The van der Waals surface area contributed by atoms with Crippen molar-refractivity contribution >= 4 is 10.0 Å². The summed E-state index contributed by atoms with van der Waals surface area (Å²) >= 11 is 0. The molecule has 1 aromatic heterocycles. The van der Waals surface area contributed by atoms with Gasteiger partial charge in [0.15, 0.2) is 0 Å². The summed E-state index contributed by atoms with van der Waals surface area (Å²) in [6, 6.07) is 1.70. The zero-order valence-electron chi connectivity index (χ0n) is 7.66. The lowest BCUT2D eigenvalue weighted by atomic mass is 10.4. The molecular formula is C8H13N3O2S. The first-order valence-electron chi connectivity index (χ1n) is 4.51. The molecule has 2 rings (SSSR count). The first kappa shape index (κ1) is 9.70. The van der Waals surface area contributed by atoms with Crippen molar-refractivity contribution in [1.82, 2.24) is 9.71 Å². The van der Waals surface area contributed by atoms with E-state index in [1.54, 1.807) is 6.07 Å². The molecule has 1 aliphatic rings. The van der Waals surface area contributed by atoms with Crippen LogP contribution >= 0.6 is 0 Å². The Morgan fingerprint density at radius 2 is 2.29 bits per heavy atom. The third kappa shape index (κ3) is 1.97. The molecule has 1 fully saturated rings. The number of nitrogens with two attached hydrogens (primary N) is 1. The van der Waals surface area contributed by atoms with Crippen molar-refractivity contribution in [3.63, 3.8) is 0 Å². The smallest absolute Gasteiger partial charge is 0.242 e. The Hall–Kier alpha value is -0.850. The molecule has 1 heterocycles. The van der Waals surface area contributed by atoms with Crippen LogP contribution in [-0.4, -0.2) is 19.4 Å². The van der Waals surface area contributed by atoms with Crippen LogP contribution in [0.3, 0.4) is 0 Å². The number of sulfonamides is 1. The van der Waals surface area contributed by atoms with Gasteiger partial charge in [-0.25, -0.2) is 13.1 Å². The molecule has 0 bridgehead atoms. The third-order valence-corrected chi connectivity index (χ3v) is 3.65. The van der Waals surface area contributed by atoms with E-state index in [0.717, 1.165) is 18.5 Å². The van der Waals surface area contributed by atoms with E-state index in [4.69, 9.17) is 5.73 Å². The van der Waals surface area contributed by atoms with Gasteiger partial charge >= 0.3 is 0 Å². The average Bonchev–Trinajstić information content (AvgIpc) is 2.81. The van der Waals surface area contributed by atoms with Crippen molar-refractivity contribution in [2.24, 2.45) is 5.73 Å². The fourth-order valence-electron chi connectivity index (χ4n) is 1.18. The molecule has 0 aliphatic heterocycles. The van der Waals surface area contributed by atoms with Crippen LogP contribution < -0.4 is 10.5 Å². The minimum absolute atomic E-state index is 0.135. The second-order valence-electron chi connectivity index (χ2n) is 3.46. The van der Waals surface area contributed by atoms with E-state index < -0.39 is 10.0 Å². The van der Waals surface area contributed by atoms with Gasteiger partial charge in [0, 0.05) is 24.5 Å². The van der Waals surface area contributed by atoms with Crippen LogP contribution in [0.25, 0.3) is 0 Å². The lowest BCUT2D eigenvalue weighted by Crippen LogP contribution is -2.25. The summed E-state index contributed by atoms with van der Waals surface area (Å²) in [6.07, 6.45) is 3.34. The predicted molar refractivity (Wildman–Crippen MR) is 52.0 cm³/mol. The molecular weight excluding hydrogens is 202 g/mol. The highest BCUT2D eigenvalue weighted by Crippen LogP contribution is 2.22. The van der Waals surface area contributed by atoms with Crippen LogP contribution in [0, 0.1) is 0 Å². The first-order valence-corrected chi connectivity index (χ1v) is 6.00. The van der Waals surface area contributed by atoms with E-state index in [1.807, 2.05) is 0 Å². The van der Waals surface area contributed by atoms with Gasteiger partial charge in [0.25, 0.3) is 0 Å². The Kier molecular flexibility index (Phi) is 2.34. The minimum Gasteiger partial charge on any atom is -0.363 e. The van der Waals surface area contributed by atoms with E-state index in [-0.39, 0.29) is 10.9 Å². The molecule has 0 spiro atoms. The van der Waals surface area contributed by atoms with E-state index in [0.29, 0.717) is 6.54 Å². The molecule has 0 saturated heterocycles. The van der Waals surface area contributed by atoms with Gasteiger partial charge in [-0.2, -0.15) is 0 Å². The molecule has 1 aliphatic carbocycles. The number of aromatic nitrogens is 1. The molecule has 6 heteroatoms. The van der Waals surface area contributed by atoms with E-state index >= 15 is 0 Å². The van der Waals surface area contributed by atoms with E-state index in [9.17, 15) is 8.42 Å². The fourth-order valence-corrected chi connectivity index (χ4v) is 2.50. The number of H-pyrrole nitrogens is 1. The van der Waals surface area contributed by atoms with Gasteiger partial charge in [-0.1, -0.05) is 0 Å². The molecule has 0 atom stereocenters. The number of nitrogens with one attached hydrogen (secondary N) is 2. The summed E-state index contributed by atoms with van der Waals surface area (Å²) in [6.45, 7) is 0.318. The maximum Gasteiger partial charge on any atom is 0.242 e. The molecule has 0 unspecified atom stereocenters. The third-order valence-electron chi connectivity index (χ3n) is 2.15. The highest BCUT2D eigenvalue weighted by atomic mass is 32.2. The van der Waals surface area contributed by atoms with Gasteiger partial charge in [0.2, 0.25) is 10.0 Å². The number of aromatic amines is 1. The Labute approximate surface area is 82.7 Å². The predicted octanol–water partition coefficient (Wildman–Crippen LogP) is -0.0859. The van der Waals surface area contributed by atoms with Gasteiger partial charge in [-0.05, 0) is 18.9 Å². The zero-order valence-corrected chi connectivity index (χ0v) is 8.47. The summed E-state index contributed by atoms with van der Waals surface area (Å²) in [5, 5.41) is 0. The zero-order chi connectivity index (χ0) is 10.2. The van der Waals surface area contributed by atoms with E-state index in [1.165, 1.54) is 6.20 Å². The van der Waals surface area contributed by atoms with Crippen LogP contribution in [0.15, 0.2) is 17.2 Å². The Balaban J connectivity index is 2.19. The second kappa shape index (κ2) is 3.38. The van der Waals surface area contributed by atoms with Gasteiger partial charge in [0.05, 0.1) is 4.90 Å². The lowest BCUT2D eigenvalue weighted by molar-refractivity contribution is 0.581. The average molecular weight is 215 g/mol. The number of rotatable bonds is 4. The largest absolute Gasteiger partial charge is 0.363 e. The maximum absolute atomic E-state index is 11.6. The summed E-state index contributed by atoms with van der Waals surface area (Å²) < 4.78 is 25.9. The van der Waals surface area contributed by atoms with Crippen molar-refractivity contribution in [2.75, 3.05) is 0 Å². The van der Waals surface area contributed by atoms with Crippen molar-refractivity contribution in [2.45, 2.75) is 30.3 Å². The quantitative estimate of drug-likeness (QED) is 0.656. The molecule has 4 N–H and O–H groups in total. The molecule has 14 heavy (non-hydrogen) atoms. The minimum atomic E-state index is -3.32. The van der Waals surface area contributed by atoms with Gasteiger partial charge in [-0.15, -0.1) is 0 Å². The number of hydrogen-bond donors (Lipinski definition) is 3. The highest BCUT2D eigenvalue weighted by molar-refractivity contribution is 7.89. The van der Waals surface area contributed by atoms with Crippen molar-refractivity contribution in [3.05, 3.63) is 18.0 Å². The first-order chi connectivity index (χ1) is 6.62. The van der Waals surface area contributed by atoms with Crippen LogP contribution in [0.2, 0.25) is 0 Å². The monoisotopic (exact) mass is 215 g/mol. The van der Waals surface area contributed by atoms with Crippen molar-refractivity contribution in [1.29, 1.82) is 0 Å². The van der Waals surface area contributed by atoms with Crippen LogP contribution in [-0.2, 0) is 16.6 Å². The van der Waals surface area contributed by atoms with Gasteiger partial charge < -0.3 is 10.7 Å². The molecule has 0 aromatic carbocycles. The summed E-state index contributed by atoms with van der Waals surface area (Å²) in [5.74, 6) is 0. The molecule has 1 aromatic rings. The number of hydrogen-bond acceptors (Lipinski definition) is 3. The van der Waals surface area contributed by atoms with E-state index in [2.05, 4.69) is 9.71 Å². The van der Waals surface area contributed by atoms with Crippen molar-refractivity contribution < 1.29 is 8.42 Å². The lowest BCUT2D eigenvalue weighted by Gasteiger charge is -2.01. The maximum atomic E-state index is 11.6. The van der Waals surface area contributed by atoms with Crippen LogP contribution in [0.5, 0.6) is 0 Å². The van der Waals surface area contributed by atoms with Crippen LogP contribution in [0.4, 0.5) is 0 Å². The summed E-state index contributed by atoms with van der Waals surface area (Å²) in [7, 11) is -3.32. The Morgan fingerprint density at radius 3 is 2.79 bits per heavy atom. The topological polar surface area (TPSA) is 88.0 Å². The van der Waals surface area contributed by atoms with Crippen LogP contribution in [0.1, 0.15) is 18.5 Å². The molecule has 78 valence electrons. The molecule has 0 radical (unpaired) electrons. The molecule has 5 nitrogen and oxygen atoms in total. The van der Waals surface area contributed by atoms with Gasteiger partial charge in [-0.3, -0.25) is 0 Å². The molecule has 1 saturated carbocycles.